The average molecular weight is 372 g/mol. The first kappa shape index (κ1) is 17.6. The van der Waals surface area contributed by atoms with Gasteiger partial charge in [0.2, 0.25) is 0 Å². The molecule has 0 saturated carbocycles. The maximum Gasteiger partial charge on any atom is 0.255 e. The van der Waals surface area contributed by atoms with E-state index in [4.69, 9.17) is 4.74 Å². The number of carbonyl (C=O) groups is 1. The van der Waals surface area contributed by atoms with Gasteiger partial charge in [0.15, 0.2) is 9.84 Å². The highest BCUT2D eigenvalue weighted by molar-refractivity contribution is 7.90. The van der Waals surface area contributed by atoms with E-state index in [9.17, 15) is 13.2 Å². The summed E-state index contributed by atoms with van der Waals surface area (Å²) in [4.78, 5) is 12.6. The van der Waals surface area contributed by atoms with Crippen LogP contribution in [0.25, 0.3) is 5.69 Å². The van der Waals surface area contributed by atoms with E-state index in [1.54, 1.807) is 22.8 Å². The van der Waals surface area contributed by atoms with Crippen molar-refractivity contribution in [2.75, 3.05) is 18.7 Å². The second-order valence-corrected chi connectivity index (χ2v) is 7.52. The van der Waals surface area contributed by atoms with Gasteiger partial charge in [0.25, 0.3) is 5.91 Å². The molecule has 0 bridgehead atoms. The third kappa shape index (κ3) is 3.72. The van der Waals surface area contributed by atoms with Gasteiger partial charge < -0.3 is 10.1 Å². The molecule has 0 saturated heterocycles. The lowest BCUT2D eigenvalue weighted by Gasteiger charge is -2.12. The molecule has 0 radical (unpaired) electrons. The van der Waals surface area contributed by atoms with Crippen molar-refractivity contribution in [2.45, 2.75) is 4.90 Å². The summed E-state index contributed by atoms with van der Waals surface area (Å²) in [5.41, 5.74) is 1.54. The van der Waals surface area contributed by atoms with Crippen LogP contribution in [0.2, 0.25) is 0 Å². The highest BCUT2D eigenvalue weighted by atomic mass is 32.2. The molecule has 1 aromatic heterocycles. The van der Waals surface area contributed by atoms with Gasteiger partial charge in [-0.25, -0.2) is 8.42 Å². The van der Waals surface area contributed by atoms with Gasteiger partial charge in [0.05, 0.1) is 23.4 Å². The number of aromatic nitrogens is 3. The second-order valence-electron chi connectivity index (χ2n) is 5.50. The van der Waals surface area contributed by atoms with Crippen molar-refractivity contribution in [3.05, 3.63) is 60.7 Å². The molecule has 134 valence electrons. The number of methoxy groups -OCH3 is 1. The Morgan fingerprint density at radius 1 is 1.08 bits per heavy atom. The van der Waals surface area contributed by atoms with Gasteiger partial charge in [-0.05, 0) is 42.5 Å². The number of nitrogens with one attached hydrogen (secondary N) is 1. The van der Waals surface area contributed by atoms with E-state index in [-0.39, 0.29) is 10.8 Å². The first-order valence-corrected chi connectivity index (χ1v) is 9.42. The Morgan fingerprint density at radius 3 is 2.31 bits per heavy atom. The molecule has 2 aromatic carbocycles. The van der Waals surface area contributed by atoms with Gasteiger partial charge in [-0.3, -0.25) is 9.36 Å². The Hall–Kier alpha value is -3.20. The van der Waals surface area contributed by atoms with Gasteiger partial charge in [-0.2, -0.15) is 0 Å². The van der Waals surface area contributed by atoms with E-state index in [1.165, 1.54) is 44.0 Å². The van der Waals surface area contributed by atoms with E-state index in [2.05, 4.69) is 15.5 Å². The fourth-order valence-corrected chi connectivity index (χ4v) is 2.97. The zero-order valence-electron chi connectivity index (χ0n) is 14.1. The Morgan fingerprint density at radius 2 is 1.73 bits per heavy atom. The number of amides is 1. The lowest BCUT2D eigenvalue weighted by atomic mass is 10.2. The van der Waals surface area contributed by atoms with Crippen LogP contribution in [0.1, 0.15) is 10.4 Å². The van der Waals surface area contributed by atoms with Gasteiger partial charge in [-0.15, -0.1) is 10.2 Å². The molecular weight excluding hydrogens is 356 g/mol. The Balaban J connectivity index is 1.87. The van der Waals surface area contributed by atoms with E-state index in [0.29, 0.717) is 17.0 Å². The third-order valence-electron chi connectivity index (χ3n) is 3.69. The zero-order valence-corrected chi connectivity index (χ0v) is 14.9. The maximum absolute atomic E-state index is 12.5. The molecule has 0 spiro atoms. The summed E-state index contributed by atoms with van der Waals surface area (Å²) >= 11 is 0. The molecular formula is C17H16N4O4S. The van der Waals surface area contributed by atoms with Gasteiger partial charge in [0.1, 0.15) is 18.4 Å². The summed E-state index contributed by atoms with van der Waals surface area (Å²) < 4.78 is 30.0. The fourth-order valence-electron chi connectivity index (χ4n) is 2.34. The molecule has 26 heavy (non-hydrogen) atoms. The topological polar surface area (TPSA) is 103 Å². The van der Waals surface area contributed by atoms with Crippen LogP contribution in [0.15, 0.2) is 60.0 Å². The first-order chi connectivity index (χ1) is 12.4. The molecule has 1 heterocycles. The smallest absolute Gasteiger partial charge is 0.255 e. The Labute approximate surface area is 150 Å². The number of hydrogen-bond acceptors (Lipinski definition) is 6. The van der Waals surface area contributed by atoms with E-state index in [0.717, 1.165) is 11.9 Å². The molecule has 3 aromatic rings. The minimum absolute atomic E-state index is 0.154. The molecule has 9 heteroatoms. The Kier molecular flexibility index (Phi) is 4.72. The minimum Gasteiger partial charge on any atom is -0.495 e. The normalized spacial score (nSPS) is 11.2. The van der Waals surface area contributed by atoms with Crippen LogP contribution >= 0.6 is 0 Å². The van der Waals surface area contributed by atoms with Crippen LogP contribution in [0.3, 0.4) is 0 Å². The van der Waals surface area contributed by atoms with Crippen LogP contribution in [-0.2, 0) is 9.84 Å². The molecule has 0 aliphatic heterocycles. The van der Waals surface area contributed by atoms with E-state index >= 15 is 0 Å². The van der Waals surface area contributed by atoms with Crippen molar-refractivity contribution in [3.63, 3.8) is 0 Å². The summed E-state index contributed by atoms with van der Waals surface area (Å²) in [5.74, 6) is 0.104. The van der Waals surface area contributed by atoms with Crippen molar-refractivity contribution in [2.24, 2.45) is 0 Å². The van der Waals surface area contributed by atoms with Crippen molar-refractivity contribution in [1.82, 2.24) is 14.8 Å². The summed E-state index contributed by atoms with van der Waals surface area (Å²) in [6, 6.07) is 11.0. The average Bonchev–Trinajstić information content (AvgIpc) is 3.15. The third-order valence-corrected chi connectivity index (χ3v) is 4.82. The van der Waals surface area contributed by atoms with Crippen LogP contribution in [0.5, 0.6) is 5.75 Å². The number of hydrogen-bond donors (Lipinski definition) is 1. The highest BCUT2D eigenvalue weighted by Gasteiger charge is 2.13. The maximum atomic E-state index is 12.5. The van der Waals surface area contributed by atoms with Crippen molar-refractivity contribution >= 4 is 21.4 Å². The molecule has 0 aliphatic carbocycles. The number of benzene rings is 2. The molecule has 0 aliphatic rings. The van der Waals surface area contributed by atoms with Crippen molar-refractivity contribution in [3.8, 4) is 11.4 Å². The zero-order chi connectivity index (χ0) is 18.7. The number of carbonyl (C=O) groups excluding carboxylic acids is 1. The number of ether oxygens (including phenoxy) is 1. The van der Waals surface area contributed by atoms with Crippen LogP contribution in [-0.4, -0.2) is 42.5 Å². The molecule has 0 atom stereocenters. The summed E-state index contributed by atoms with van der Waals surface area (Å²) in [7, 11) is -1.81. The standard InChI is InChI=1S/C17H16N4O4S/c1-25-16-8-5-13(21-10-18-19-11-21)9-15(16)20-17(22)12-3-6-14(7-4-12)26(2,23)24/h3-11H,1-2H3,(H,20,22). The van der Waals surface area contributed by atoms with Gasteiger partial charge in [0, 0.05) is 11.8 Å². The molecule has 0 fully saturated rings. The van der Waals surface area contributed by atoms with Crippen LogP contribution in [0, 0.1) is 0 Å². The molecule has 0 unspecified atom stereocenters. The summed E-state index contributed by atoms with van der Waals surface area (Å²) in [6.07, 6.45) is 4.19. The van der Waals surface area contributed by atoms with Crippen molar-refractivity contribution in [1.29, 1.82) is 0 Å². The van der Waals surface area contributed by atoms with E-state index < -0.39 is 9.84 Å². The lowest BCUT2D eigenvalue weighted by molar-refractivity contribution is 0.102. The van der Waals surface area contributed by atoms with Gasteiger partial charge >= 0.3 is 0 Å². The second kappa shape index (κ2) is 6.96. The van der Waals surface area contributed by atoms with Crippen molar-refractivity contribution < 1.29 is 17.9 Å². The Bertz CT molecular complexity index is 1030. The SMILES string of the molecule is COc1ccc(-n2cnnc2)cc1NC(=O)c1ccc(S(C)(=O)=O)cc1. The summed E-state index contributed by atoms with van der Waals surface area (Å²) in [6.45, 7) is 0. The monoisotopic (exact) mass is 372 g/mol. The number of rotatable bonds is 5. The predicted molar refractivity (Wildman–Crippen MR) is 95.4 cm³/mol. The number of sulfone groups is 1. The molecule has 1 N–H and O–H groups in total. The molecule has 8 nitrogen and oxygen atoms in total. The molecule has 3 rings (SSSR count). The fraction of sp³-hybridized carbons (Fsp3) is 0.118. The number of anilines is 1. The molecule has 1 amide bonds. The lowest BCUT2D eigenvalue weighted by Crippen LogP contribution is -2.13. The van der Waals surface area contributed by atoms with Crippen LogP contribution < -0.4 is 10.1 Å². The van der Waals surface area contributed by atoms with Crippen LogP contribution in [0.4, 0.5) is 5.69 Å². The first-order valence-electron chi connectivity index (χ1n) is 7.53. The summed E-state index contributed by atoms with van der Waals surface area (Å²) in [5, 5.41) is 10.3. The largest absolute Gasteiger partial charge is 0.495 e. The highest BCUT2D eigenvalue weighted by Crippen LogP contribution is 2.27. The van der Waals surface area contributed by atoms with Gasteiger partial charge in [-0.1, -0.05) is 0 Å². The predicted octanol–water partition coefficient (Wildman–Crippen LogP) is 1.93. The quantitative estimate of drug-likeness (QED) is 0.734. The minimum atomic E-state index is -3.31. The number of nitrogens with zero attached hydrogens (tertiary/aromatic N) is 3. The van der Waals surface area contributed by atoms with E-state index in [1.807, 2.05) is 0 Å².